The molecule has 0 aliphatic heterocycles. The molecule has 0 saturated heterocycles. The number of halogens is 1. The summed E-state index contributed by atoms with van der Waals surface area (Å²) >= 11 is 1.12. The van der Waals surface area contributed by atoms with Gasteiger partial charge >= 0.3 is 0 Å². The molecular weight excluding hydrogens is 477 g/mol. The molecule has 1 heterocycles. The molecule has 0 unspecified atom stereocenters. The summed E-state index contributed by atoms with van der Waals surface area (Å²) in [7, 11) is -2.33. The monoisotopic (exact) mass is 497 g/mol. The molecule has 0 aliphatic carbocycles. The number of hydrogen-bond donors (Lipinski definition) is 2. The summed E-state index contributed by atoms with van der Waals surface area (Å²) in [4.78, 5) is 4.30. The summed E-state index contributed by atoms with van der Waals surface area (Å²) in [6.45, 7) is 1.80. The van der Waals surface area contributed by atoms with E-state index in [2.05, 4.69) is 19.9 Å². The van der Waals surface area contributed by atoms with Gasteiger partial charge in [0.05, 0.1) is 17.7 Å². The first kappa shape index (κ1) is 23.3. The molecule has 0 fully saturated rings. The molecule has 0 aliphatic rings. The number of aromatic nitrogens is 1. The van der Waals surface area contributed by atoms with Crippen LogP contribution < -0.4 is 15.2 Å². The van der Waals surface area contributed by atoms with Gasteiger partial charge in [0.2, 0.25) is 0 Å². The Morgan fingerprint density at radius 1 is 1.03 bits per heavy atom. The molecule has 8 nitrogen and oxygen atoms in total. The van der Waals surface area contributed by atoms with E-state index in [4.69, 9.17) is 10.5 Å². The maximum atomic E-state index is 13.3. The largest absolute Gasteiger partial charge is 0.497 e. The van der Waals surface area contributed by atoms with Crippen LogP contribution in [0.15, 0.2) is 81.9 Å². The van der Waals surface area contributed by atoms with E-state index >= 15 is 0 Å². The van der Waals surface area contributed by atoms with E-state index in [0.29, 0.717) is 33.4 Å². The number of azo groups is 1. The zero-order valence-electron chi connectivity index (χ0n) is 18.2. The lowest BCUT2D eigenvalue weighted by molar-refractivity contribution is 0.415. The van der Waals surface area contributed by atoms with Crippen LogP contribution in [0.25, 0.3) is 11.3 Å². The molecule has 3 aromatic carbocycles. The highest BCUT2D eigenvalue weighted by molar-refractivity contribution is 7.92. The third-order valence-electron chi connectivity index (χ3n) is 4.83. The van der Waals surface area contributed by atoms with Crippen LogP contribution in [0.4, 0.5) is 25.9 Å². The zero-order chi connectivity index (χ0) is 24.3. The third-order valence-corrected chi connectivity index (χ3v) is 6.97. The number of sulfonamides is 1. The number of rotatable bonds is 7. The van der Waals surface area contributed by atoms with Gasteiger partial charge < -0.3 is 10.5 Å². The van der Waals surface area contributed by atoms with Gasteiger partial charge in [0, 0.05) is 11.3 Å². The van der Waals surface area contributed by atoms with Crippen molar-refractivity contribution in [3.8, 4) is 17.0 Å². The van der Waals surface area contributed by atoms with Crippen LogP contribution >= 0.6 is 11.3 Å². The lowest BCUT2D eigenvalue weighted by Gasteiger charge is -2.10. The average molecular weight is 498 g/mol. The lowest BCUT2D eigenvalue weighted by atomic mass is 10.1. The summed E-state index contributed by atoms with van der Waals surface area (Å²) in [6.07, 6.45) is 0. The standard InChI is InChI=1S/C23H20FN5O3S2/c1-14-3-12-19(34(30,31)29-17-8-10-18(32-2)11-9-17)13-20(14)27-28-22-21(26-23(25)33-22)15-4-6-16(24)7-5-15/h3-13,29H,1-2H3,(H2,25,26). The topological polar surface area (TPSA) is 119 Å². The molecule has 0 amide bonds. The van der Waals surface area contributed by atoms with Gasteiger partial charge in [-0.1, -0.05) is 17.4 Å². The summed E-state index contributed by atoms with van der Waals surface area (Å²) in [5.74, 6) is 0.247. The first-order valence-electron chi connectivity index (χ1n) is 9.97. The van der Waals surface area contributed by atoms with Gasteiger partial charge in [0.1, 0.15) is 17.3 Å². The molecule has 4 aromatic rings. The van der Waals surface area contributed by atoms with Gasteiger partial charge in [-0.15, -0.1) is 10.2 Å². The fraction of sp³-hybridized carbons (Fsp3) is 0.0870. The number of thiazole rings is 1. The van der Waals surface area contributed by atoms with E-state index in [1.165, 1.54) is 31.4 Å². The quantitative estimate of drug-likeness (QED) is 0.301. The number of nitrogens with zero attached hydrogens (tertiary/aromatic N) is 3. The van der Waals surface area contributed by atoms with Gasteiger partial charge in [-0.3, -0.25) is 4.72 Å². The van der Waals surface area contributed by atoms with Crippen LogP contribution in [0.1, 0.15) is 5.56 Å². The van der Waals surface area contributed by atoms with Crippen molar-refractivity contribution >= 4 is 42.9 Å². The molecule has 0 radical (unpaired) electrons. The molecule has 11 heteroatoms. The summed E-state index contributed by atoms with van der Waals surface area (Å²) in [6, 6.07) is 16.9. The van der Waals surface area contributed by atoms with Crippen LogP contribution in [-0.2, 0) is 10.0 Å². The van der Waals surface area contributed by atoms with Gasteiger partial charge in [-0.05, 0) is 73.2 Å². The fourth-order valence-electron chi connectivity index (χ4n) is 3.03. The van der Waals surface area contributed by atoms with Gasteiger partial charge in [0.15, 0.2) is 10.1 Å². The van der Waals surface area contributed by atoms with E-state index in [1.54, 1.807) is 49.4 Å². The Morgan fingerprint density at radius 3 is 2.41 bits per heavy atom. The second-order valence-electron chi connectivity index (χ2n) is 7.20. The van der Waals surface area contributed by atoms with Crippen molar-refractivity contribution < 1.29 is 17.5 Å². The smallest absolute Gasteiger partial charge is 0.261 e. The van der Waals surface area contributed by atoms with Crippen molar-refractivity contribution in [2.75, 3.05) is 17.6 Å². The van der Waals surface area contributed by atoms with Gasteiger partial charge in [-0.25, -0.2) is 17.8 Å². The molecule has 174 valence electrons. The molecule has 3 N–H and O–H groups in total. The molecule has 0 atom stereocenters. The maximum absolute atomic E-state index is 13.3. The van der Waals surface area contributed by atoms with E-state index in [9.17, 15) is 12.8 Å². The fourth-order valence-corrected chi connectivity index (χ4v) is 4.78. The third kappa shape index (κ3) is 5.21. The minimum absolute atomic E-state index is 0.0328. The van der Waals surface area contributed by atoms with E-state index in [-0.39, 0.29) is 15.8 Å². The highest BCUT2D eigenvalue weighted by atomic mass is 32.2. The highest BCUT2D eigenvalue weighted by Crippen LogP contribution is 2.38. The van der Waals surface area contributed by atoms with Crippen molar-refractivity contribution in [2.24, 2.45) is 10.2 Å². The Hall–Kier alpha value is -3.83. The van der Waals surface area contributed by atoms with Crippen molar-refractivity contribution in [3.63, 3.8) is 0 Å². The lowest BCUT2D eigenvalue weighted by Crippen LogP contribution is -2.12. The Kier molecular flexibility index (Phi) is 6.57. The Balaban J connectivity index is 1.62. The van der Waals surface area contributed by atoms with E-state index < -0.39 is 10.0 Å². The normalized spacial score (nSPS) is 11.6. The number of aryl methyl sites for hydroxylation is 1. The molecule has 4 rings (SSSR count). The number of nitrogens with two attached hydrogens (primary N) is 1. The number of methoxy groups -OCH3 is 1. The van der Waals surface area contributed by atoms with Crippen LogP contribution in [0.5, 0.6) is 5.75 Å². The molecule has 0 bridgehead atoms. The summed E-state index contributed by atoms with van der Waals surface area (Å²) < 4.78 is 46.7. The van der Waals surface area contributed by atoms with Crippen LogP contribution in [0, 0.1) is 12.7 Å². The van der Waals surface area contributed by atoms with Gasteiger partial charge in [0.25, 0.3) is 10.0 Å². The van der Waals surface area contributed by atoms with E-state index in [1.807, 2.05) is 0 Å². The Labute approximate surface area is 200 Å². The summed E-state index contributed by atoms with van der Waals surface area (Å²) in [5, 5.41) is 9.22. The molecule has 0 saturated carbocycles. The minimum Gasteiger partial charge on any atom is -0.497 e. The number of ether oxygens (including phenoxy) is 1. The van der Waals surface area contributed by atoms with Crippen molar-refractivity contribution in [1.82, 2.24) is 4.98 Å². The average Bonchev–Trinajstić information content (AvgIpc) is 3.19. The van der Waals surface area contributed by atoms with Crippen molar-refractivity contribution in [1.29, 1.82) is 0 Å². The van der Waals surface area contributed by atoms with Crippen molar-refractivity contribution in [3.05, 3.63) is 78.1 Å². The summed E-state index contributed by atoms with van der Waals surface area (Å²) in [5.41, 5.74) is 8.46. The number of hydrogen-bond acceptors (Lipinski definition) is 8. The maximum Gasteiger partial charge on any atom is 0.261 e. The van der Waals surface area contributed by atoms with E-state index in [0.717, 1.165) is 16.9 Å². The number of anilines is 2. The second kappa shape index (κ2) is 9.57. The van der Waals surface area contributed by atoms with Crippen LogP contribution in [0.2, 0.25) is 0 Å². The molecular formula is C23H20FN5O3S2. The number of nitrogen functional groups attached to an aromatic ring is 1. The minimum atomic E-state index is -3.86. The first-order valence-corrected chi connectivity index (χ1v) is 12.3. The van der Waals surface area contributed by atoms with Crippen LogP contribution in [-0.4, -0.2) is 20.5 Å². The first-order chi connectivity index (χ1) is 16.2. The molecule has 1 aromatic heterocycles. The highest BCUT2D eigenvalue weighted by Gasteiger charge is 2.17. The Morgan fingerprint density at radius 2 is 1.74 bits per heavy atom. The molecule has 0 spiro atoms. The number of benzene rings is 3. The van der Waals surface area contributed by atoms with Gasteiger partial charge in [-0.2, -0.15) is 0 Å². The zero-order valence-corrected chi connectivity index (χ0v) is 19.8. The number of nitrogens with one attached hydrogen (secondary N) is 1. The molecule has 34 heavy (non-hydrogen) atoms. The SMILES string of the molecule is COc1ccc(NS(=O)(=O)c2ccc(C)c(N=Nc3sc(N)nc3-c3ccc(F)cc3)c2)cc1. The van der Waals surface area contributed by atoms with Crippen LogP contribution in [0.3, 0.4) is 0 Å². The predicted molar refractivity (Wildman–Crippen MR) is 131 cm³/mol. The second-order valence-corrected chi connectivity index (χ2v) is 9.89. The predicted octanol–water partition coefficient (Wildman–Crippen LogP) is 6.06. The van der Waals surface area contributed by atoms with Crippen molar-refractivity contribution in [2.45, 2.75) is 11.8 Å². The Bertz CT molecular complexity index is 1450.